The number of carbonyl (C=O) groups is 3. The number of anilines is 1. The smallest absolute Gasteiger partial charge is 0.262 e. The van der Waals surface area contributed by atoms with Crippen molar-refractivity contribution < 1.29 is 23.9 Å². The van der Waals surface area contributed by atoms with Crippen LogP contribution in [0.4, 0.5) is 5.69 Å². The fourth-order valence-corrected chi connectivity index (χ4v) is 3.44. The van der Waals surface area contributed by atoms with Crippen LogP contribution in [0.3, 0.4) is 0 Å². The Kier molecular flexibility index (Phi) is 5.76. The van der Waals surface area contributed by atoms with Crippen molar-refractivity contribution in [3.8, 4) is 11.5 Å². The van der Waals surface area contributed by atoms with Gasteiger partial charge in [0, 0.05) is 36.8 Å². The third-order valence-electron chi connectivity index (χ3n) is 4.96. The summed E-state index contributed by atoms with van der Waals surface area (Å²) in [4.78, 5) is 39.9. The third-order valence-corrected chi connectivity index (χ3v) is 5.21. The van der Waals surface area contributed by atoms with Gasteiger partial charge in [0.25, 0.3) is 17.7 Å². The second-order valence-electron chi connectivity index (χ2n) is 6.96. The Balaban J connectivity index is 1.29. The van der Waals surface area contributed by atoms with Crippen LogP contribution in [0, 0.1) is 0 Å². The molecule has 156 valence electrons. The van der Waals surface area contributed by atoms with Gasteiger partial charge in [-0.15, -0.1) is 0 Å². The Morgan fingerprint density at radius 3 is 2.47 bits per heavy atom. The number of hydrogen-bond donors (Lipinski definition) is 1. The van der Waals surface area contributed by atoms with Crippen LogP contribution in [0.25, 0.3) is 0 Å². The van der Waals surface area contributed by atoms with Crippen LogP contribution in [0.1, 0.15) is 10.4 Å². The number of ether oxygens (including phenoxy) is 2. The van der Waals surface area contributed by atoms with Crippen LogP contribution in [0.5, 0.6) is 11.5 Å². The molecule has 0 aliphatic carbocycles. The Morgan fingerprint density at radius 2 is 1.73 bits per heavy atom. The molecule has 0 unspecified atom stereocenters. The van der Waals surface area contributed by atoms with E-state index in [0.29, 0.717) is 54.0 Å². The highest BCUT2D eigenvalue weighted by Gasteiger charge is 2.26. The van der Waals surface area contributed by atoms with E-state index in [4.69, 9.17) is 21.1 Å². The van der Waals surface area contributed by atoms with Crippen molar-refractivity contribution in [3.63, 3.8) is 0 Å². The highest BCUT2D eigenvalue weighted by molar-refractivity contribution is 6.30. The van der Waals surface area contributed by atoms with Crippen LogP contribution in [-0.2, 0) is 9.59 Å². The quantitative estimate of drug-likeness (QED) is 0.803. The number of hydrogen-bond acceptors (Lipinski definition) is 5. The summed E-state index contributed by atoms with van der Waals surface area (Å²) in [5, 5.41) is 3.30. The van der Waals surface area contributed by atoms with Gasteiger partial charge in [-0.3, -0.25) is 14.4 Å². The van der Waals surface area contributed by atoms with Crippen molar-refractivity contribution in [2.75, 3.05) is 44.7 Å². The molecular formula is C21H20ClN3O5. The van der Waals surface area contributed by atoms with Crippen LogP contribution in [-0.4, -0.2) is 66.9 Å². The first-order valence-electron chi connectivity index (χ1n) is 9.52. The number of nitrogens with zero attached hydrogens (tertiary/aromatic N) is 2. The summed E-state index contributed by atoms with van der Waals surface area (Å²) in [5.41, 5.74) is 1.04. The zero-order valence-electron chi connectivity index (χ0n) is 16.1. The molecule has 1 fully saturated rings. The first kappa shape index (κ1) is 20.0. The molecular weight excluding hydrogens is 410 g/mol. The van der Waals surface area contributed by atoms with Gasteiger partial charge in [-0.1, -0.05) is 11.6 Å². The van der Waals surface area contributed by atoms with E-state index in [2.05, 4.69) is 5.32 Å². The normalized spacial score (nSPS) is 15.7. The molecule has 2 heterocycles. The highest BCUT2D eigenvalue weighted by Crippen LogP contribution is 2.29. The summed E-state index contributed by atoms with van der Waals surface area (Å²) in [5.74, 6) is 0.571. The lowest BCUT2D eigenvalue weighted by Gasteiger charge is -2.34. The predicted molar refractivity (Wildman–Crippen MR) is 110 cm³/mol. The van der Waals surface area contributed by atoms with Crippen LogP contribution < -0.4 is 14.8 Å². The van der Waals surface area contributed by atoms with Gasteiger partial charge in [-0.25, -0.2) is 0 Å². The molecule has 30 heavy (non-hydrogen) atoms. The minimum Gasteiger partial charge on any atom is -0.484 e. The van der Waals surface area contributed by atoms with Crippen LogP contribution >= 0.6 is 11.6 Å². The van der Waals surface area contributed by atoms with Crippen LogP contribution in [0.2, 0.25) is 5.02 Å². The van der Waals surface area contributed by atoms with Gasteiger partial charge in [0.05, 0.1) is 5.69 Å². The second kappa shape index (κ2) is 8.62. The molecule has 0 spiro atoms. The molecule has 9 heteroatoms. The maximum Gasteiger partial charge on any atom is 0.262 e. The summed E-state index contributed by atoms with van der Waals surface area (Å²) in [6.45, 7) is 1.60. The van der Waals surface area contributed by atoms with Gasteiger partial charge < -0.3 is 24.6 Å². The molecule has 2 aliphatic rings. The maximum atomic E-state index is 12.8. The monoisotopic (exact) mass is 429 g/mol. The number of benzene rings is 2. The van der Waals surface area contributed by atoms with Crippen molar-refractivity contribution in [2.45, 2.75) is 0 Å². The topological polar surface area (TPSA) is 88.2 Å². The van der Waals surface area contributed by atoms with Gasteiger partial charge in [-0.05, 0) is 42.5 Å². The Hall–Kier alpha value is -3.26. The molecule has 0 atom stereocenters. The Morgan fingerprint density at radius 1 is 1.03 bits per heavy atom. The standard InChI is InChI=1S/C21H20ClN3O5/c22-15-2-4-16(5-3-15)29-13-20(27)24-7-9-25(10-8-24)21(28)14-1-6-17-18(11-14)30-12-19(26)23-17/h1-6,11H,7-10,12-13H2,(H,23,26). The first-order valence-corrected chi connectivity index (χ1v) is 9.89. The molecule has 1 N–H and O–H groups in total. The number of piperazine rings is 1. The number of nitrogens with one attached hydrogen (secondary N) is 1. The third kappa shape index (κ3) is 4.49. The van der Waals surface area contributed by atoms with E-state index >= 15 is 0 Å². The van der Waals surface area contributed by atoms with E-state index in [0.717, 1.165) is 0 Å². The Bertz CT molecular complexity index is 971. The lowest BCUT2D eigenvalue weighted by Crippen LogP contribution is -2.51. The van der Waals surface area contributed by atoms with E-state index < -0.39 is 0 Å². The number of amides is 3. The van der Waals surface area contributed by atoms with E-state index in [1.807, 2.05) is 0 Å². The number of carbonyl (C=O) groups excluding carboxylic acids is 3. The highest BCUT2D eigenvalue weighted by atomic mass is 35.5. The SMILES string of the molecule is O=C1COc2cc(C(=O)N3CCN(C(=O)COc4ccc(Cl)cc4)CC3)ccc2N1. The van der Waals surface area contributed by atoms with Crippen molar-refractivity contribution in [1.82, 2.24) is 9.80 Å². The molecule has 8 nitrogen and oxygen atoms in total. The minimum atomic E-state index is -0.220. The molecule has 0 saturated carbocycles. The van der Waals surface area contributed by atoms with Crippen molar-refractivity contribution in [1.29, 1.82) is 0 Å². The van der Waals surface area contributed by atoms with E-state index in [-0.39, 0.29) is 30.9 Å². The number of fused-ring (bicyclic) bond motifs is 1. The maximum absolute atomic E-state index is 12.8. The summed E-state index contributed by atoms with van der Waals surface area (Å²) in [7, 11) is 0. The van der Waals surface area contributed by atoms with Crippen molar-refractivity contribution in [2.24, 2.45) is 0 Å². The summed E-state index contributed by atoms with van der Waals surface area (Å²) in [6.07, 6.45) is 0. The van der Waals surface area contributed by atoms with Gasteiger partial charge in [0.15, 0.2) is 13.2 Å². The Labute approximate surface area is 178 Å². The molecule has 0 aromatic heterocycles. The van der Waals surface area contributed by atoms with E-state index in [9.17, 15) is 14.4 Å². The zero-order valence-corrected chi connectivity index (χ0v) is 16.9. The average molecular weight is 430 g/mol. The molecule has 4 rings (SSSR count). The fraction of sp³-hybridized carbons (Fsp3) is 0.286. The lowest BCUT2D eigenvalue weighted by atomic mass is 10.1. The van der Waals surface area contributed by atoms with Gasteiger partial charge >= 0.3 is 0 Å². The van der Waals surface area contributed by atoms with Crippen molar-refractivity contribution in [3.05, 3.63) is 53.1 Å². The molecule has 1 saturated heterocycles. The average Bonchev–Trinajstić information content (AvgIpc) is 2.77. The molecule has 3 amide bonds. The first-order chi connectivity index (χ1) is 14.5. The summed E-state index contributed by atoms with van der Waals surface area (Å²) in [6, 6.07) is 11.8. The molecule has 0 bridgehead atoms. The van der Waals surface area contributed by atoms with Crippen molar-refractivity contribution >= 4 is 35.0 Å². The number of rotatable bonds is 4. The summed E-state index contributed by atoms with van der Waals surface area (Å²) < 4.78 is 10.9. The zero-order chi connectivity index (χ0) is 21.1. The molecule has 2 aliphatic heterocycles. The van der Waals surface area contributed by atoms with Gasteiger partial charge in [-0.2, -0.15) is 0 Å². The molecule has 2 aromatic rings. The van der Waals surface area contributed by atoms with E-state index in [1.165, 1.54) is 0 Å². The summed E-state index contributed by atoms with van der Waals surface area (Å²) >= 11 is 5.83. The fourth-order valence-electron chi connectivity index (χ4n) is 3.32. The van der Waals surface area contributed by atoms with Gasteiger partial charge in [0.1, 0.15) is 11.5 Å². The van der Waals surface area contributed by atoms with Crippen LogP contribution in [0.15, 0.2) is 42.5 Å². The number of halogens is 1. The predicted octanol–water partition coefficient (Wildman–Crippen LogP) is 2.03. The molecule has 0 radical (unpaired) electrons. The largest absolute Gasteiger partial charge is 0.484 e. The van der Waals surface area contributed by atoms with Gasteiger partial charge in [0.2, 0.25) is 0 Å². The lowest BCUT2D eigenvalue weighted by molar-refractivity contribution is -0.134. The minimum absolute atomic E-state index is 0.0660. The second-order valence-corrected chi connectivity index (χ2v) is 7.40. The molecule has 2 aromatic carbocycles. The van der Waals surface area contributed by atoms with E-state index in [1.54, 1.807) is 52.3 Å².